The predicted molar refractivity (Wildman–Crippen MR) is 116 cm³/mol. The second-order valence-corrected chi connectivity index (χ2v) is 7.00. The Morgan fingerprint density at radius 3 is 2.35 bits per heavy atom. The van der Waals surface area contributed by atoms with Crippen LogP contribution >= 0.6 is 0 Å². The minimum Gasteiger partial charge on any atom is -0.359 e. The maximum atomic E-state index is 12.1. The average molecular weight is 428 g/mol. The fourth-order valence-corrected chi connectivity index (χ4v) is 2.87. The third kappa shape index (κ3) is 8.08. The molecule has 0 saturated heterocycles. The summed E-state index contributed by atoms with van der Waals surface area (Å²) in [5.74, 6) is -3.49. The van der Waals surface area contributed by atoms with E-state index in [4.69, 9.17) is 0 Å². The Bertz CT molecular complexity index is 908. The number of rotatable bonds is 6. The molecule has 0 unspecified atom stereocenters. The standard InChI is InChI=1S/C17H17N3O.C6H9F2NO/c1-18-13-16(8-7-14-5-3-2-4-6-14)20-17(21)15-9-11-19-12-10-15;1-9-5(10)4-2-6(7,8)3-4/h2-6,8-13H,7H2,1H3,(H,20,21);4H,2-3H2,1H3,(H,9,10)/b16-8+,18-13?;. The summed E-state index contributed by atoms with van der Waals surface area (Å²) in [6.07, 6.45) is 6.94. The molecule has 1 aliphatic rings. The number of pyridine rings is 1. The molecule has 6 nitrogen and oxygen atoms in total. The van der Waals surface area contributed by atoms with Crippen molar-refractivity contribution in [2.45, 2.75) is 25.2 Å². The van der Waals surface area contributed by atoms with Gasteiger partial charge in [0.1, 0.15) is 0 Å². The topological polar surface area (TPSA) is 83.4 Å². The molecule has 1 aromatic carbocycles. The molecule has 1 aliphatic carbocycles. The Labute approximate surface area is 180 Å². The van der Waals surface area contributed by atoms with E-state index in [2.05, 4.69) is 20.6 Å². The van der Waals surface area contributed by atoms with Crippen LogP contribution < -0.4 is 10.6 Å². The zero-order chi connectivity index (χ0) is 22.7. The molecule has 1 aromatic heterocycles. The SMILES string of the molecule is CN=C/C(=C\Cc1ccccc1)NC(=O)c1ccncc1.CNC(=O)C1CC(F)(F)C1. The number of carbonyl (C=O) groups excluding carboxylic acids is 2. The predicted octanol–water partition coefficient (Wildman–Crippen LogP) is 3.42. The first-order valence-electron chi connectivity index (χ1n) is 9.81. The number of hydrogen-bond donors (Lipinski definition) is 2. The summed E-state index contributed by atoms with van der Waals surface area (Å²) >= 11 is 0. The summed E-state index contributed by atoms with van der Waals surface area (Å²) < 4.78 is 24.2. The fourth-order valence-electron chi connectivity index (χ4n) is 2.87. The number of nitrogens with one attached hydrogen (secondary N) is 2. The number of aromatic nitrogens is 1. The van der Waals surface area contributed by atoms with Gasteiger partial charge in [-0.3, -0.25) is 19.6 Å². The number of carbonyl (C=O) groups is 2. The Kier molecular flexibility index (Phi) is 8.99. The summed E-state index contributed by atoms with van der Waals surface area (Å²) in [6, 6.07) is 13.4. The van der Waals surface area contributed by atoms with Gasteiger partial charge >= 0.3 is 0 Å². The third-order valence-electron chi connectivity index (χ3n) is 4.58. The highest BCUT2D eigenvalue weighted by Gasteiger charge is 2.48. The van der Waals surface area contributed by atoms with E-state index in [1.54, 1.807) is 37.8 Å². The average Bonchev–Trinajstić information content (AvgIpc) is 2.77. The summed E-state index contributed by atoms with van der Waals surface area (Å²) in [4.78, 5) is 30.6. The molecule has 3 rings (SSSR count). The van der Waals surface area contributed by atoms with E-state index >= 15 is 0 Å². The number of benzene rings is 1. The van der Waals surface area contributed by atoms with Crippen molar-refractivity contribution in [3.8, 4) is 0 Å². The maximum Gasteiger partial charge on any atom is 0.255 e. The zero-order valence-electron chi connectivity index (χ0n) is 17.5. The Hall–Kier alpha value is -3.42. The highest BCUT2D eigenvalue weighted by Crippen LogP contribution is 2.42. The monoisotopic (exact) mass is 428 g/mol. The molecule has 164 valence electrons. The molecule has 1 heterocycles. The summed E-state index contributed by atoms with van der Waals surface area (Å²) in [5.41, 5.74) is 2.43. The van der Waals surface area contributed by atoms with Crippen molar-refractivity contribution < 1.29 is 18.4 Å². The van der Waals surface area contributed by atoms with E-state index in [-0.39, 0.29) is 24.7 Å². The summed E-state index contributed by atoms with van der Waals surface area (Å²) in [5, 5.41) is 5.18. The van der Waals surface area contributed by atoms with Gasteiger partial charge in [-0.15, -0.1) is 0 Å². The van der Waals surface area contributed by atoms with Gasteiger partial charge in [0, 0.05) is 57.0 Å². The van der Waals surface area contributed by atoms with Crippen LogP contribution in [-0.4, -0.2) is 43.0 Å². The lowest BCUT2D eigenvalue weighted by molar-refractivity contribution is -0.149. The largest absolute Gasteiger partial charge is 0.359 e. The molecule has 0 spiro atoms. The van der Waals surface area contributed by atoms with Gasteiger partial charge in [0.15, 0.2) is 0 Å². The lowest BCUT2D eigenvalue weighted by Crippen LogP contribution is -2.43. The first-order valence-corrected chi connectivity index (χ1v) is 9.81. The van der Waals surface area contributed by atoms with E-state index in [0.717, 1.165) is 6.42 Å². The second-order valence-electron chi connectivity index (χ2n) is 7.00. The van der Waals surface area contributed by atoms with Crippen molar-refractivity contribution in [1.82, 2.24) is 15.6 Å². The minimum atomic E-state index is -2.59. The van der Waals surface area contributed by atoms with Crippen LogP contribution in [0.25, 0.3) is 0 Å². The summed E-state index contributed by atoms with van der Waals surface area (Å²) in [7, 11) is 3.13. The van der Waals surface area contributed by atoms with E-state index in [9.17, 15) is 18.4 Å². The van der Waals surface area contributed by atoms with Crippen LogP contribution in [0.15, 0.2) is 71.6 Å². The lowest BCUT2D eigenvalue weighted by Gasteiger charge is -2.33. The van der Waals surface area contributed by atoms with Crippen LogP contribution in [0.1, 0.15) is 28.8 Å². The molecule has 0 aliphatic heterocycles. The van der Waals surface area contributed by atoms with E-state index in [0.29, 0.717) is 11.3 Å². The number of aliphatic imine (C=N–C) groups is 1. The van der Waals surface area contributed by atoms with Crippen LogP contribution in [0.4, 0.5) is 8.78 Å². The van der Waals surface area contributed by atoms with Gasteiger partial charge in [0.25, 0.3) is 5.91 Å². The highest BCUT2D eigenvalue weighted by atomic mass is 19.3. The van der Waals surface area contributed by atoms with Crippen LogP contribution in [0.5, 0.6) is 0 Å². The number of hydrogen-bond acceptors (Lipinski definition) is 4. The Balaban J connectivity index is 0.000000285. The molecule has 0 bridgehead atoms. The van der Waals surface area contributed by atoms with E-state index < -0.39 is 11.8 Å². The number of alkyl halides is 2. The van der Waals surface area contributed by atoms with E-state index in [1.165, 1.54) is 12.6 Å². The van der Waals surface area contributed by atoms with Gasteiger partial charge in [-0.2, -0.15) is 0 Å². The molecule has 8 heteroatoms. The minimum absolute atomic E-state index is 0.170. The molecule has 2 aromatic rings. The van der Waals surface area contributed by atoms with Crippen molar-refractivity contribution in [2.24, 2.45) is 10.9 Å². The van der Waals surface area contributed by atoms with Gasteiger partial charge in [-0.1, -0.05) is 36.4 Å². The third-order valence-corrected chi connectivity index (χ3v) is 4.58. The number of amides is 2. The van der Waals surface area contributed by atoms with Crippen molar-refractivity contribution in [3.63, 3.8) is 0 Å². The zero-order valence-corrected chi connectivity index (χ0v) is 17.5. The van der Waals surface area contributed by atoms with Gasteiger partial charge in [-0.25, -0.2) is 8.78 Å². The van der Waals surface area contributed by atoms with Crippen LogP contribution in [0, 0.1) is 5.92 Å². The Morgan fingerprint density at radius 2 is 1.81 bits per heavy atom. The molecular formula is C23H26F2N4O2. The number of allylic oxidation sites excluding steroid dienone is 2. The number of nitrogens with zero attached hydrogens (tertiary/aromatic N) is 2. The van der Waals surface area contributed by atoms with Crippen molar-refractivity contribution >= 4 is 18.0 Å². The molecule has 0 radical (unpaired) electrons. The normalized spacial score (nSPS) is 15.4. The molecule has 2 N–H and O–H groups in total. The van der Waals surface area contributed by atoms with Gasteiger partial charge in [0.2, 0.25) is 11.8 Å². The second kappa shape index (κ2) is 11.7. The first kappa shape index (κ1) is 23.9. The van der Waals surface area contributed by atoms with Crippen molar-refractivity contribution in [1.29, 1.82) is 0 Å². The molecule has 1 fully saturated rings. The lowest BCUT2D eigenvalue weighted by atomic mass is 9.81. The fraction of sp³-hybridized carbons (Fsp3) is 0.304. The van der Waals surface area contributed by atoms with E-state index in [1.807, 2.05) is 36.4 Å². The van der Waals surface area contributed by atoms with Crippen LogP contribution in [0.2, 0.25) is 0 Å². The van der Waals surface area contributed by atoms with Crippen LogP contribution in [-0.2, 0) is 11.2 Å². The molecule has 2 amide bonds. The maximum absolute atomic E-state index is 12.1. The van der Waals surface area contributed by atoms with Crippen molar-refractivity contribution in [3.05, 3.63) is 77.8 Å². The summed E-state index contributed by atoms with van der Waals surface area (Å²) in [6.45, 7) is 0. The van der Waals surface area contributed by atoms with Gasteiger partial charge in [0.05, 0.1) is 5.70 Å². The Morgan fingerprint density at radius 1 is 1.16 bits per heavy atom. The highest BCUT2D eigenvalue weighted by molar-refractivity contribution is 5.98. The number of halogens is 2. The van der Waals surface area contributed by atoms with Crippen molar-refractivity contribution in [2.75, 3.05) is 14.1 Å². The van der Waals surface area contributed by atoms with Gasteiger partial charge in [-0.05, 0) is 24.1 Å². The van der Waals surface area contributed by atoms with Crippen LogP contribution in [0.3, 0.4) is 0 Å². The molecular weight excluding hydrogens is 402 g/mol. The molecule has 1 saturated carbocycles. The molecule has 31 heavy (non-hydrogen) atoms. The first-order chi connectivity index (χ1) is 14.8. The van der Waals surface area contributed by atoms with Gasteiger partial charge < -0.3 is 10.6 Å². The molecule has 0 atom stereocenters. The quantitative estimate of drug-likeness (QED) is 0.692. The smallest absolute Gasteiger partial charge is 0.255 e.